The maximum absolute atomic E-state index is 12.0. The Morgan fingerprint density at radius 2 is 2.12 bits per heavy atom. The predicted octanol–water partition coefficient (Wildman–Crippen LogP) is 2.65. The van der Waals surface area contributed by atoms with E-state index in [2.05, 4.69) is 0 Å². The third-order valence-electron chi connectivity index (χ3n) is 3.79. The Bertz CT molecular complexity index is 337. The number of Topliss-reactive ketones (excluding diaryl/α,β-unsaturated/α-hetero) is 1. The van der Waals surface area contributed by atoms with Crippen molar-refractivity contribution in [1.29, 1.82) is 0 Å². The van der Waals surface area contributed by atoms with E-state index >= 15 is 0 Å². The van der Waals surface area contributed by atoms with Gasteiger partial charge >= 0.3 is 5.97 Å². The van der Waals surface area contributed by atoms with E-state index in [4.69, 9.17) is 4.74 Å². The predicted molar refractivity (Wildman–Crippen MR) is 64.4 cm³/mol. The van der Waals surface area contributed by atoms with E-state index < -0.39 is 5.92 Å². The highest BCUT2D eigenvalue weighted by Crippen LogP contribution is 2.34. The number of hydrogen-bond donors (Lipinski definition) is 0. The minimum absolute atomic E-state index is 0.00958. The highest BCUT2D eigenvalue weighted by atomic mass is 16.5. The van der Waals surface area contributed by atoms with E-state index in [1.165, 1.54) is 25.7 Å². The molecule has 0 aromatic rings. The number of ketones is 1. The molecule has 3 nitrogen and oxygen atoms in total. The highest BCUT2D eigenvalue weighted by molar-refractivity contribution is 6.10. The summed E-state index contributed by atoms with van der Waals surface area (Å²) in [6.07, 6.45) is 8.39. The minimum Gasteiger partial charge on any atom is -0.465 e. The molecule has 0 heterocycles. The lowest BCUT2D eigenvalue weighted by Gasteiger charge is -2.11. The van der Waals surface area contributed by atoms with Gasteiger partial charge in [-0.05, 0) is 31.3 Å². The standard InChI is InChI=1S/C14H20O3/c1-2-17-14(16)12-8-7-11(13(12)15)9-10-5-3-4-6-10/h7,10,12H,2-6,8-9H2,1H3. The molecule has 0 aromatic carbocycles. The Morgan fingerprint density at radius 1 is 1.41 bits per heavy atom. The highest BCUT2D eigenvalue weighted by Gasteiger charge is 2.35. The molecule has 2 rings (SSSR count). The zero-order valence-corrected chi connectivity index (χ0v) is 10.4. The summed E-state index contributed by atoms with van der Waals surface area (Å²) in [5.74, 6) is -0.233. The molecule has 1 fully saturated rings. The first-order valence-electron chi connectivity index (χ1n) is 6.62. The number of allylic oxidation sites excluding steroid dienone is 2. The smallest absolute Gasteiger partial charge is 0.317 e. The van der Waals surface area contributed by atoms with Gasteiger partial charge in [-0.15, -0.1) is 0 Å². The van der Waals surface area contributed by atoms with Crippen molar-refractivity contribution in [2.24, 2.45) is 11.8 Å². The van der Waals surface area contributed by atoms with Crippen molar-refractivity contribution in [3.8, 4) is 0 Å². The van der Waals surface area contributed by atoms with Crippen LogP contribution in [-0.2, 0) is 14.3 Å². The molecule has 0 radical (unpaired) electrons. The SMILES string of the molecule is CCOC(=O)C1CC=C(CC2CCCC2)C1=O. The topological polar surface area (TPSA) is 43.4 Å². The Hall–Kier alpha value is -1.12. The molecule has 0 aromatic heterocycles. The van der Waals surface area contributed by atoms with Gasteiger partial charge in [0.1, 0.15) is 5.92 Å². The summed E-state index contributed by atoms with van der Waals surface area (Å²) in [4.78, 5) is 23.6. The lowest BCUT2D eigenvalue weighted by atomic mass is 9.95. The van der Waals surface area contributed by atoms with Gasteiger partial charge in [-0.2, -0.15) is 0 Å². The van der Waals surface area contributed by atoms with Crippen LogP contribution < -0.4 is 0 Å². The van der Waals surface area contributed by atoms with Crippen LogP contribution in [0, 0.1) is 11.8 Å². The molecule has 0 N–H and O–H groups in total. The van der Waals surface area contributed by atoms with Crippen molar-refractivity contribution >= 4 is 11.8 Å². The van der Waals surface area contributed by atoms with Gasteiger partial charge < -0.3 is 4.74 Å². The summed E-state index contributed by atoms with van der Waals surface area (Å²) < 4.78 is 4.92. The largest absolute Gasteiger partial charge is 0.465 e. The Kier molecular flexibility index (Phi) is 3.97. The lowest BCUT2D eigenvalue weighted by Crippen LogP contribution is -2.23. The van der Waals surface area contributed by atoms with Gasteiger partial charge in [0.25, 0.3) is 0 Å². The average Bonchev–Trinajstić information content (AvgIpc) is 2.91. The quantitative estimate of drug-likeness (QED) is 0.556. The van der Waals surface area contributed by atoms with Crippen LogP contribution in [0.3, 0.4) is 0 Å². The van der Waals surface area contributed by atoms with E-state index in [-0.39, 0.29) is 11.8 Å². The number of rotatable bonds is 4. The summed E-state index contributed by atoms with van der Waals surface area (Å²) in [5.41, 5.74) is 0.870. The van der Waals surface area contributed by atoms with Gasteiger partial charge in [-0.3, -0.25) is 9.59 Å². The van der Waals surface area contributed by atoms with E-state index in [1.54, 1.807) is 6.92 Å². The molecule has 1 atom stereocenters. The van der Waals surface area contributed by atoms with Crippen molar-refractivity contribution in [2.75, 3.05) is 6.61 Å². The fourth-order valence-electron chi connectivity index (χ4n) is 2.85. The molecule has 17 heavy (non-hydrogen) atoms. The summed E-state index contributed by atoms with van der Waals surface area (Å²) in [5, 5.41) is 0. The Morgan fingerprint density at radius 3 is 2.76 bits per heavy atom. The summed E-state index contributed by atoms with van der Waals surface area (Å²) >= 11 is 0. The molecular weight excluding hydrogens is 216 g/mol. The second-order valence-corrected chi connectivity index (χ2v) is 4.99. The molecule has 0 bridgehead atoms. The van der Waals surface area contributed by atoms with Crippen LogP contribution in [0.5, 0.6) is 0 Å². The van der Waals surface area contributed by atoms with Crippen molar-refractivity contribution in [1.82, 2.24) is 0 Å². The fraction of sp³-hybridized carbons (Fsp3) is 0.714. The van der Waals surface area contributed by atoms with Gasteiger partial charge in [0.05, 0.1) is 6.61 Å². The molecule has 94 valence electrons. The van der Waals surface area contributed by atoms with Gasteiger partial charge in [0, 0.05) is 0 Å². The first kappa shape index (κ1) is 12.3. The first-order chi connectivity index (χ1) is 8.22. The van der Waals surface area contributed by atoms with Crippen molar-refractivity contribution < 1.29 is 14.3 Å². The molecule has 0 saturated heterocycles. The van der Waals surface area contributed by atoms with Crippen LogP contribution in [0.15, 0.2) is 11.6 Å². The van der Waals surface area contributed by atoms with Crippen LogP contribution in [0.25, 0.3) is 0 Å². The maximum atomic E-state index is 12.0. The summed E-state index contributed by atoms with van der Waals surface area (Å²) in [6.45, 7) is 2.12. The molecule has 3 heteroatoms. The molecule has 0 spiro atoms. The van der Waals surface area contributed by atoms with E-state index in [0.29, 0.717) is 18.9 Å². The first-order valence-corrected chi connectivity index (χ1v) is 6.62. The third-order valence-corrected chi connectivity index (χ3v) is 3.79. The zero-order chi connectivity index (χ0) is 12.3. The molecule has 2 aliphatic carbocycles. The normalized spacial score (nSPS) is 25.1. The number of hydrogen-bond acceptors (Lipinski definition) is 3. The Balaban J connectivity index is 1.89. The lowest BCUT2D eigenvalue weighted by molar-refractivity contribution is -0.150. The molecule has 0 amide bonds. The summed E-state index contributed by atoms with van der Waals surface area (Å²) in [6, 6.07) is 0. The molecule has 0 aliphatic heterocycles. The van der Waals surface area contributed by atoms with E-state index in [0.717, 1.165) is 12.0 Å². The Labute approximate surface area is 102 Å². The van der Waals surface area contributed by atoms with E-state index in [1.807, 2.05) is 6.08 Å². The maximum Gasteiger partial charge on any atom is 0.317 e. The van der Waals surface area contributed by atoms with Crippen LogP contribution in [0.2, 0.25) is 0 Å². The number of carbonyl (C=O) groups is 2. The molecule has 1 unspecified atom stereocenters. The van der Waals surface area contributed by atoms with Crippen molar-refractivity contribution in [3.63, 3.8) is 0 Å². The van der Waals surface area contributed by atoms with Crippen LogP contribution in [0.1, 0.15) is 45.4 Å². The fourth-order valence-corrected chi connectivity index (χ4v) is 2.85. The second kappa shape index (κ2) is 5.48. The third kappa shape index (κ3) is 2.76. The molecule has 2 aliphatic rings. The monoisotopic (exact) mass is 236 g/mol. The minimum atomic E-state index is -0.550. The van der Waals surface area contributed by atoms with Crippen molar-refractivity contribution in [2.45, 2.75) is 45.4 Å². The molecular formula is C14H20O3. The van der Waals surface area contributed by atoms with Crippen LogP contribution >= 0.6 is 0 Å². The second-order valence-electron chi connectivity index (χ2n) is 4.99. The summed E-state index contributed by atoms with van der Waals surface area (Å²) in [7, 11) is 0. The van der Waals surface area contributed by atoms with Gasteiger partial charge in [0.15, 0.2) is 5.78 Å². The molecule has 1 saturated carbocycles. The van der Waals surface area contributed by atoms with Gasteiger partial charge in [0.2, 0.25) is 0 Å². The number of carbonyl (C=O) groups excluding carboxylic acids is 2. The van der Waals surface area contributed by atoms with Gasteiger partial charge in [-0.25, -0.2) is 0 Å². The van der Waals surface area contributed by atoms with Crippen LogP contribution in [0.4, 0.5) is 0 Å². The number of ether oxygens (including phenoxy) is 1. The average molecular weight is 236 g/mol. The number of esters is 1. The zero-order valence-electron chi connectivity index (χ0n) is 10.4. The van der Waals surface area contributed by atoms with Crippen molar-refractivity contribution in [3.05, 3.63) is 11.6 Å². The van der Waals surface area contributed by atoms with E-state index in [9.17, 15) is 9.59 Å². The van der Waals surface area contributed by atoms with Gasteiger partial charge in [-0.1, -0.05) is 31.8 Å². The van der Waals surface area contributed by atoms with Crippen LogP contribution in [-0.4, -0.2) is 18.4 Å².